The van der Waals surface area contributed by atoms with E-state index in [2.05, 4.69) is 0 Å². The fourth-order valence-electron chi connectivity index (χ4n) is 1.63. The van der Waals surface area contributed by atoms with Gasteiger partial charge in [-0.2, -0.15) is 13.2 Å². The molecule has 1 aromatic carbocycles. The molecule has 0 fully saturated rings. The minimum atomic E-state index is -4.47. The fraction of sp³-hybridized carbons (Fsp3) is 0.0714. The topological polar surface area (TPSA) is 50.4 Å². The summed E-state index contributed by atoms with van der Waals surface area (Å²) in [7, 11) is 0. The van der Waals surface area contributed by atoms with Gasteiger partial charge in [-0.3, -0.25) is 0 Å². The molecule has 0 unspecified atom stereocenters. The van der Waals surface area contributed by atoms with E-state index in [1.807, 2.05) is 0 Å². The molecular weight excluding hydrogens is 309 g/mol. The summed E-state index contributed by atoms with van der Waals surface area (Å²) in [5.41, 5.74) is -0.562. The van der Waals surface area contributed by atoms with Crippen LogP contribution >= 0.6 is 11.6 Å². The number of alkyl halides is 3. The summed E-state index contributed by atoms with van der Waals surface area (Å²) in [5.74, 6) is -0.636. The van der Waals surface area contributed by atoms with E-state index in [0.717, 1.165) is 18.2 Å². The molecule has 0 amide bonds. The Hall–Kier alpha value is -2.21. The standard InChI is InChI=1S/C14H8ClF3O3/c15-11-7-8(14(16,17)18)1-4-10(11)12-5-2-9(21-12)3-6-13(19)20/h1-7H,(H,19,20)/b6-3+. The highest BCUT2D eigenvalue weighted by Crippen LogP contribution is 2.36. The van der Waals surface area contributed by atoms with Crippen LogP contribution in [-0.4, -0.2) is 11.1 Å². The summed E-state index contributed by atoms with van der Waals surface area (Å²) in [6, 6.07) is 5.90. The van der Waals surface area contributed by atoms with Crippen LogP contribution in [0.25, 0.3) is 17.4 Å². The highest BCUT2D eigenvalue weighted by molar-refractivity contribution is 6.33. The molecule has 0 atom stereocenters. The van der Waals surface area contributed by atoms with Gasteiger partial charge in [-0.05, 0) is 36.4 Å². The van der Waals surface area contributed by atoms with Crippen LogP contribution in [0.5, 0.6) is 0 Å². The Bertz CT molecular complexity index is 702. The second-order valence-electron chi connectivity index (χ2n) is 4.07. The highest BCUT2D eigenvalue weighted by Gasteiger charge is 2.31. The van der Waals surface area contributed by atoms with E-state index in [-0.39, 0.29) is 16.5 Å². The van der Waals surface area contributed by atoms with Gasteiger partial charge in [0.05, 0.1) is 10.6 Å². The van der Waals surface area contributed by atoms with E-state index in [4.69, 9.17) is 21.1 Å². The molecule has 0 bridgehead atoms. The number of carboxylic acids is 1. The molecule has 0 radical (unpaired) electrons. The Kier molecular flexibility index (Phi) is 4.09. The minimum absolute atomic E-state index is 0.104. The molecule has 1 N–H and O–H groups in total. The van der Waals surface area contributed by atoms with Gasteiger partial charge in [-0.1, -0.05) is 11.6 Å². The average molecular weight is 317 g/mol. The lowest BCUT2D eigenvalue weighted by atomic mass is 10.1. The summed E-state index contributed by atoms with van der Waals surface area (Å²) in [6.07, 6.45) is -2.36. The maximum atomic E-state index is 12.5. The molecular formula is C14H8ClF3O3. The molecule has 0 aliphatic heterocycles. The fourth-order valence-corrected chi connectivity index (χ4v) is 1.91. The molecule has 0 saturated heterocycles. The average Bonchev–Trinajstić information content (AvgIpc) is 2.83. The monoisotopic (exact) mass is 316 g/mol. The van der Waals surface area contributed by atoms with E-state index in [1.54, 1.807) is 0 Å². The number of aliphatic carboxylic acids is 1. The van der Waals surface area contributed by atoms with E-state index in [0.29, 0.717) is 5.56 Å². The lowest BCUT2D eigenvalue weighted by molar-refractivity contribution is -0.137. The van der Waals surface area contributed by atoms with E-state index >= 15 is 0 Å². The lowest BCUT2D eigenvalue weighted by Crippen LogP contribution is -2.04. The number of carboxylic acid groups (broad SMARTS) is 1. The first kappa shape index (κ1) is 15.2. The number of furan rings is 1. The maximum Gasteiger partial charge on any atom is 0.416 e. The summed E-state index contributed by atoms with van der Waals surface area (Å²) < 4.78 is 42.9. The van der Waals surface area contributed by atoms with E-state index in [9.17, 15) is 18.0 Å². The van der Waals surface area contributed by atoms with Crippen LogP contribution in [0.4, 0.5) is 13.2 Å². The Morgan fingerprint density at radius 1 is 1.24 bits per heavy atom. The SMILES string of the molecule is O=C(O)/C=C/c1ccc(-c2ccc(C(F)(F)F)cc2Cl)o1. The van der Waals surface area contributed by atoms with Crippen molar-refractivity contribution in [3.05, 3.63) is 52.8 Å². The second-order valence-corrected chi connectivity index (χ2v) is 4.47. The van der Waals surface area contributed by atoms with Gasteiger partial charge in [0.15, 0.2) is 0 Å². The van der Waals surface area contributed by atoms with Crippen molar-refractivity contribution in [3.63, 3.8) is 0 Å². The van der Waals surface area contributed by atoms with Gasteiger partial charge in [-0.25, -0.2) is 4.79 Å². The van der Waals surface area contributed by atoms with Gasteiger partial charge >= 0.3 is 12.1 Å². The number of rotatable bonds is 3. The molecule has 0 spiro atoms. The molecule has 2 aromatic rings. The number of benzene rings is 1. The number of carbonyl (C=O) groups is 1. The Balaban J connectivity index is 2.33. The zero-order valence-corrected chi connectivity index (χ0v) is 11.1. The summed E-state index contributed by atoms with van der Waals surface area (Å²) in [6.45, 7) is 0. The molecule has 1 aromatic heterocycles. The quantitative estimate of drug-likeness (QED) is 0.834. The van der Waals surface area contributed by atoms with E-state index < -0.39 is 17.7 Å². The van der Waals surface area contributed by atoms with Crippen molar-refractivity contribution in [1.82, 2.24) is 0 Å². The molecule has 3 nitrogen and oxygen atoms in total. The van der Waals surface area contributed by atoms with Crippen LogP contribution in [0.3, 0.4) is 0 Å². The van der Waals surface area contributed by atoms with Gasteiger partial charge in [0.25, 0.3) is 0 Å². The minimum Gasteiger partial charge on any atom is -0.478 e. The third-order valence-corrected chi connectivity index (χ3v) is 2.89. The molecule has 2 rings (SSSR count). The number of hydrogen-bond donors (Lipinski definition) is 1. The van der Waals surface area contributed by atoms with Crippen molar-refractivity contribution in [2.24, 2.45) is 0 Å². The van der Waals surface area contributed by atoms with Gasteiger partial charge in [-0.15, -0.1) is 0 Å². The third-order valence-electron chi connectivity index (χ3n) is 2.58. The van der Waals surface area contributed by atoms with Crippen molar-refractivity contribution in [2.75, 3.05) is 0 Å². The maximum absolute atomic E-state index is 12.5. The number of halogens is 4. The van der Waals surface area contributed by atoms with Gasteiger partial charge < -0.3 is 9.52 Å². The van der Waals surface area contributed by atoms with Crippen LogP contribution in [-0.2, 0) is 11.0 Å². The first-order valence-electron chi connectivity index (χ1n) is 5.65. The summed E-state index contributed by atoms with van der Waals surface area (Å²) in [5, 5.41) is 8.39. The van der Waals surface area contributed by atoms with Crippen LogP contribution in [0, 0.1) is 0 Å². The molecule has 21 heavy (non-hydrogen) atoms. The third kappa shape index (κ3) is 3.66. The van der Waals surface area contributed by atoms with Crippen LogP contribution < -0.4 is 0 Å². The van der Waals surface area contributed by atoms with Crippen molar-refractivity contribution < 1.29 is 27.5 Å². The zero-order valence-electron chi connectivity index (χ0n) is 10.3. The predicted octanol–water partition coefficient (Wildman–Crippen LogP) is 4.72. The molecule has 7 heteroatoms. The Morgan fingerprint density at radius 3 is 2.52 bits per heavy atom. The first-order chi connectivity index (χ1) is 9.77. The first-order valence-corrected chi connectivity index (χ1v) is 6.03. The van der Waals surface area contributed by atoms with Crippen LogP contribution in [0.15, 0.2) is 40.8 Å². The van der Waals surface area contributed by atoms with Crippen molar-refractivity contribution in [1.29, 1.82) is 0 Å². The largest absolute Gasteiger partial charge is 0.478 e. The molecule has 110 valence electrons. The Labute approximate surface area is 122 Å². The Morgan fingerprint density at radius 2 is 1.95 bits per heavy atom. The predicted molar refractivity (Wildman–Crippen MR) is 70.8 cm³/mol. The van der Waals surface area contributed by atoms with Crippen molar-refractivity contribution >= 4 is 23.6 Å². The van der Waals surface area contributed by atoms with Gasteiger partial charge in [0.2, 0.25) is 0 Å². The smallest absolute Gasteiger partial charge is 0.416 e. The molecule has 0 aliphatic rings. The normalized spacial score (nSPS) is 12.0. The van der Waals surface area contributed by atoms with Crippen LogP contribution in [0.1, 0.15) is 11.3 Å². The zero-order chi connectivity index (χ0) is 15.6. The molecule has 0 aliphatic carbocycles. The second kappa shape index (κ2) is 5.65. The summed E-state index contributed by atoms with van der Waals surface area (Å²) in [4.78, 5) is 10.4. The van der Waals surface area contributed by atoms with Crippen LogP contribution in [0.2, 0.25) is 5.02 Å². The molecule has 1 heterocycles. The van der Waals surface area contributed by atoms with E-state index in [1.165, 1.54) is 24.3 Å². The lowest BCUT2D eigenvalue weighted by Gasteiger charge is -2.08. The summed E-state index contributed by atoms with van der Waals surface area (Å²) >= 11 is 5.83. The molecule has 0 saturated carbocycles. The van der Waals surface area contributed by atoms with Crippen molar-refractivity contribution in [3.8, 4) is 11.3 Å². The van der Waals surface area contributed by atoms with Gasteiger partial charge in [0.1, 0.15) is 11.5 Å². The number of hydrogen-bond acceptors (Lipinski definition) is 2. The van der Waals surface area contributed by atoms with Gasteiger partial charge in [0, 0.05) is 11.6 Å². The highest BCUT2D eigenvalue weighted by atomic mass is 35.5. The van der Waals surface area contributed by atoms with Crippen molar-refractivity contribution in [2.45, 2.75) is 6.18 Å².